The second-order valence-electron chi connectivity index (χ2n) is 13.0. The van der Waals surface area contributed by atoms with Crippen molar-refractivity contribution >= 4 is 17.8 Å². The highest BCUT2D eigenvalue weighted by molar-refractivity contribution is 5.99. The van der Waals surface area contributed by atoms with Crippen molar-refractivity contribution in [2.45, 2.75) is 58.5 Å². The average Bonchev–Trinajstić information content (AvgIpc) is 3.41. The highest BCUT2D eigenvalue weighted by atomic mass is 19.4. The van der Waals surface area contributed by atoms with Gasteiger partial charge in [-0.3, -0.25) is 9.59 Å². The molecule has 3 aliphatic carbocycles. The minimum absolute atomic E-state index is 0.286. The summed E-state index contributed by atoms with van der Waals surface area (Å²) in [5.74, 6) is -4.47. The topological polar surface area (TPSA) is 55.2 Å². The molecule has 45 heavy (non-hydrogen) atoms. The van der Waals surface area contributed by atoms with Gasteiger partial charge < -0.3 is 4.90 Å². The van der Waals surface area contributed by atoms with Gasteiger partial charge in [-0.25, -0.2) is 9.07 Å². The van der Waals surface area contributed by atoms with Gasteiger partial charge in [0, 0.05) is 23.4 Å². The summed E-state index contributed by atoms with van der Waals surface area (Å²) >= 11 is 0. The molecule has 1 saturated carbocycles. The van der Waals surface area contributed by atoms with E-state index in [2.05, 4.69) is 18.1 Å². The van der Waals surface area contributed by atoms with E-state index in [4.69, 9.17) is 0 Å². The highest BCUT2D eigenvalue weighted by Gasteiger charge is 2.63. The van der Waals surface area contributed by atoms with Crippen LogP contribution in [-0.2, 0) is 11.2 Å². The summed E-state index contributed by atoms with van der Waals surface area (Å²) in [6.45, 7) is 3.75. The van der Waals surface area contributed by atoms with Crippen molar-refractivity contribution in [2.24, 2.45) is 22.7 Å². The van der Waals surface area contributed by atoms with E-state index >= 15 is 0 Å². The van der Waals surface area contributed by atoms with E-state index in [0.29, 0.717) is 37.7 Å². The first-order valence-corrected chi connectivity index (χ1v) is 15.5. The van der Waals surface area contributed by atoms with E-state index in [1.165, 1.54) is 24.1 Å². The van der Waals surface area contributed by atoms with Gasteiger partial charge in [0.05, 0.1) is 36.0 Å². The molecule has 236 valence electrons. The number of halogens is 4. The molecule has 2 aromatic carbocycles. The minimum atomic E-state index is -4.58. The highest BCUT2D eigenvalue weighted by Crippen LogP contribution is 2.66. The predicted molar refractivity (Wildman–Crippen MR) is 164 cm³/mol. The molecule has 6 rings (SSSR count). The lowest BCUT2D eigenvalue weighted by molar-refractivity contribution is -0.208. The van der Waals surface area contributed by atoms with E-state index < -0.39 is 34.7 Å². The van der Waals surface area contributed by atoms with Crippen LogP contribution >= 0.6 is 0 Å². The Balaban J connectivity index is 1.39. The molecule has 1 fully saturated rings. The summed E-state index contributed by atoms with van der Waals surface area (Å²) in [4.78, 5) is 28.5. The molecule has 3 aromatic rings. The van der Waals surface area contributed by atoms with Crippen LogP contribution in [-0.4, -0.2) is 46.1 Å². The lowest BCUT2D eigenvalue weighted by Gasteiger charge is -2.58. The maximum atomic E-state index is 14.8. The number of amides is 1. The van der Waals surface area contributed by atoms with Crippen molar-refractivity contribution in [2.75, 3.05) is 13.6 Å². The van der Waals surface area contributed by atoms with Crippen LogP contribution in [0.2, 0.25) is 0 Å². The monoisotopic (exact) mass is 619 g/mol. The predicted octanol–water partition coefficient (Wildman–Crippen LogP) is 8.00. The first-order chi connectivity index (χ1) is 21.4. The molecular formula is C36H37F4N3O2. The molecule has 0 spiro atoms. The first-order valence-electron chi connectivity index (χ1n) is 15.5. The number of hydrogen-bond donors (Lipinski definition) is 0. The summed E-state index contributed by atoms with van der Waals surface area (Å²) < 4.78 is 59.8. The Hall–Kier alpha value is -4.01. The average molecular weight is 620 g/mol. The van der Waals surface area contributed by atoms with Gasteiger partial charge in [-0.2, -0.15) is 18.3 Å². The van der Waals surface area contributed by atoms with Crippen molar-refractivity contribution in [1.29, 1.82) is 0 Å². The van der Waals surface area contributed by atoms with Crippen molar-refractivity contribution in [3.05, 3.63) is 101 Å². The van der Waals surface area contributed by atoms with Crippen LogP contribution in [0.4, 0.5) is 17.6 Å². The number of likely N-dealkylation sites (N-methyl/N-ethyl adjacent to an activating group) is 1. The molecule has 0 aliphatic heterocycles. The van der Waals surface area contributed by atoms with Gasteiger partial charge >= 0.3 is 6.18 Å². The third kappa shape index (κ3) is 5.24. The number of allylic oxidation sites excluding steroid dienone is 3. The van der Waals surface area contributed by atoms with Gasteiger partial charge in [0.25, 0.3) is 0 Å². The lowest BCUT2D eigenvalue weighted by atomic mass is 9.46. The van der Waals surface area contributed by atoms with Crippen LogP contribution in [0.3, 0.4) is 0 Å². The van der Waals surface area contributed by atoms with Crippen LogP contribution in [0, 0.1) is 28.5 Å². The van der Waals surface area contributed by atoms with Crippen molar-refractivity contribution in [3.8, 4) is 5.69 Å². The number of carbonyl (C=O) groups is 2. The number of rotatable bonds is 7. The number of benzene rings is 2. The number of ketones is 1. The van der Waals surface area contributed by atoms with E-state index in [0.717, 1.165) is 28.1 Å². The Morgan fingerprint density at radius 3 is 2.47 bits per heavy atom. The Bertz CT molecular complexity index is 1670. The van der Waals surface area contributed by atoms with Crippen LogP contribution in [0.25, 0.3) is 11.8 Å². The van der Waals surface area contributed by atoms with Crippen LogP contribution in [0.15, 0.2) is 78.0 Å². The van der Waals surface area contributed by atoms with E-state index in [1.807, 2.05) is 6.92 Å². The van der Waals surface area contributed by atoms with Gasteiger partial charge in [0.1, 0.15) is 5.82 Å². The largest absolute Gasteiger partial charge is 0.392 e. The summed E-state index contributed by atoms with van der Waals surface area (Å²) in [6.07, 6.45) is 3.28. The van der Waals surface area contributed by atoms with Crippen molar-refractivity contribution in [1.82, 2.24) is 14.7 Å². The van der Waals surface area contributed by atoms with Gasteiger partial charge in [-0.1, -0.05) is 67.8 Å². The smallest absolute Gasteiger partial charge is 0.338 e. The quantitative estimate of drug-likeness (QED) is 0.153. The number of Topliss-reactive ketones (excluding diaryl/α,β-unsaturated/α-hetero) is 1. The Morgan fingerprint density at radius 2 is 1.80 bits per heavy atom. The molecule has 4 atom stereocenters. The normalized spacial score (nSPS) is 25.8. The minimum Gasteiger partial charge on any atom is -0.338 e. The maximum absolute atomic E-state index is 14.8. The molecule has 5 nitrogen and oxygen atoms in total. The number of aromatic nitrogens is 2. The molecule has 1 heterocycles. The molecule has 0 saturated heterocycles. The molecule has 0 unspecified atom stereocenters. The SMILES string of the molecule is CCC[C@]12CCC3=Cc4c(cnn4-c4ccc(F)cc4)C[C@]3(C)C1=CC[C@@H](C(F)(F)F)[C@@H]2C(=O)N(C)CC(=O)c1ccccc1. The fourth-order valence-electron chi connectivity index (χ4n) is 8.30. The van der Waals surface area contributed by atoms with Crippen LogP contribution < -0.4 is 0 Å². The molecule has 3 aliphatic rings. The van der Waals surface area contributed by atoms with E-state index in [-0.39, 0.29) is 24.6 Å². The number of hydrogen-bond acceptors (Lipinski definition) is 3. The Labute approximate surface area is 260 Å². The second kappa shape index (κ2) is 11.4. The zero-order valence-electron chi connectivity index (χ0n) is 25.7. The van der Waals surface area contributed by atoms with E-state index in [1.54, 1.807) is 59.4 Å². The molecular weight excluding hydrogens is 582 g/mol. The zero-order valence-corrected chi connectivity index (χ0v) is 25.7. The number of fused-ring (bicyclic) bond motifs is 4. The Morgan fingerprint density at radius 1 is 1.09 bits per heavy atom. The van der Waals surface area contributed by atoms with Gasteiger partial charge in [-0.15, -0.1) is 0 Å². The standard InChI is InChI=1S/C36H37F4N3O2/c1-4-17-35-18-16-25-19-29-24(21-41-43(29)27-12-10-26(37)11-13-27)20-34(25,2)31(35)15-14-28(36(38,39)40)32(35)33(45)42(3)22-30(44)23-8-6-5-7-9-23/h5-13,15,19,21,28,32H,4,14,16-18,20,22H2,1-3H3/t28-,32-,34+,35+/m1/s1. The molecule has 0 N–H and O–H groups in total. The fourth-order valence-corrected chi connectivity index (χ4v) is 8.30. The summed E-state index contributed by atoms with van der Waals surface area (Å²) in [7, 11) is 1.45. The Kier molecular flexibility index (Phi) is 7.86. The van der Waals surface area contributed by atoms with Gasteiger partial charge in [-0.05, 0) is 68.0 Å². The van der Waals surface area contributed by atoms with Gasteiger partial charge in [0.2, 0.25) is 5.91 Å². The second-order valence-corrected chi connectivity index (χ2v) is 13.0. The lowest BCUT2D eigenvalue weighted by Crippen LogP contribution is -2.57. The number of carbonyl (C=O) groups excluding carboxylic acids is 2. The number of nitrogens with zero attached hydrogens (tertiary/aromatic N) is 3. The van der Waals surface area contributed by atoms with Crippen molar-refractivity contribution < 1.29 is 27.2 Å². The summed E-state index contributed by atoms with van der Waals surface area (Å²) in [6, 6.07) is 14.6. The fraction of sp³-hybridized carbons (Fsp3) is 0.417. The maximum Gasteiger partial charge on any atom is 0.392 e. The number of alkyl halides is 3. The van der Waals surface area contributed by atoms with Crippen LogP contribution in [0.1, 0.15) is 67.6 Å². The zero-order chi connectivity index (χ0) is 32.1. The third-order valence-electron chi connectivity index (χ3n) is 10.3. The molecule has 0 bridgehead atoms. The first kappa shape index (κ1) is 31.0. The van der Waals surface area contributed by atoms with E-state index in [9.17, 15) is 27.2 Å². The van der Waals surface area contributed by atoms with Crippen molar-refractivity contribution in [3.63, 3.8) is 0 Å². The van der Waals surface area contributed by atoms with Crippen LogP contribution in [0.5, 0.6) is 0 Å². The molecule has 1 amide bonds. The van der Waals surface area contributed by atoms with Gasteiger partial charge in [0.15, 0.2) is 5.78 Å². The molecule has 9 heteroatoms. The summed E-state index contributed by atoms with van der Waals surface area (Å²) in [5.41, 5.74) is 3.36. The molecule has 0 radical (unpaired) electrons. The summed E-state index contributed by atoms with van der Waals surface area (Å²) in [5, 5.41) is 4.60. The third-order valence-corrected chi connectivity index (χ3v) is 10.3. The molecule has 1 aromatic heterocycles.